The molecular formula is C12H14FNO5S. The molecule has 1 unspecified atom stereocenters. The Hall–Kier alpha value is -1.51. The maximum absolute atomic E-state index is 13.3. The van der Waals surface area contributed by atoms with Gasteiger partial charge >= 0.3 is 5.97 Å². The van der Waals surface area contributed by atoms with Gasteiger partial charge in [0.15, 0.2) is 0 Å². The zero-order chi connectivity index (χ0) is 14.9. The molecule has 2 rings (SSSR count). The zero-order valence-corrected chi connectivity index (χ0v) is 11.6. The lowest BCUT2D eigenvalue weighted by Gasteiger charge is -2.30. The molecular weight excluding hydrogens is 289 g/mol. The van der Waals surface area contributed by atoms with Crippen molar-refractivity contribution in [3.63, 3.8) is 0 Å². The molecule has 0 amide bonds. The van der Waals surface area contributed by atoms with Gasteiger partial charge in [0, 0.05) is 13.1 Å². The van der Waals surface area contributed by atoms with Crippen LogP contribution in [-0.2, 0) is 14.8 Å². The summed E-state index contributed by atoms with van der Waals surface area (Å²) in [6.07, 6.45) is -0.291. The number of morpholine rings is 1. The fraction of sp³-hybridized carbons (Fsp3) is 0.417. The van der Waals surface area contributed by atoms with Crippen LogP contribution in [0.4, 0.5) is 4.39 Å². The minimum absolute atomic E-state index is 0.109. The van der Waals surface area contributed by atoms with Gasteiger partial charge in [-0.25, -0.2) is 17.6 Å². The molecule has 110 valence electrons. The first-order valence-electron chi connectivity index (χ1n) is 5.97. The van der Waals surface area contributed by atoms with E-state index in [0.717, 1.165) is 22.5 Å². The summed E-state index contributed by atoms with van der Waals surface area (Å²) in [7, 11) is -4.06. The number of aromatic carboxylic acids is 1. The Morgan fingerprint density at radius 1 is 1.50 bits per heavy atom. The summed E-state index contributed by atoms with van der Waals surface area (Å²) in [6, 6.07) is 2.61. The molecule has 1 aliphatic rings. The van der Waals surface area contributed by atoms with Crippen molar-refractivity contribution < 1.29 is 27.4 Å². The van der Waals surface area contributed by atoms with Crippen molar-refractivity contribution in [3.8, 4) is 0 Å². The Balaban J connectivity index is 2.48. The minimum Gasteiger partial charge on any atom is -0.478 e. The summed E-state index contributed by atoms with van der Waals surface area (Å²) in [6.45, 7) is 2.16. The van der Waals surface area contributed by atoms with Crippen LogP contribution in [0.25, 0.3) is 0 Å². The molecule has 0 radical (unpaired) electrons. The van der Waals surface area contributed by atoms with Crippen LogP contribution in [0.2, 0.25) is 0 Å². The summed E-state index contributed by atoms with van der Waals surface area (Å²) in [5.74, 6) is -2.21. The third-order valence-corrected chi connectivity index (χ3v) is 4.90. The largest absolute Gasteiger partial charge is 0.478 e. The number of carbonyl (C=O) groups is 1. The summed E-state index contributed by atoms with van der Waals surface area (Å²) < 4.78 is 44.5. The lowest BCUT2D eigenvalue weighted by atomic mass is 10.2. The fourth-order valence-corrected chi connectivity index (χ4v) is 3.72. The molecule has 1 heterocycles. The van der Waals surface area contributed by atoms with Crippen LogP contribution < -0.4 is 0 Å². The van der Waals surface area contributed by atoms with Gasteiger partial charge in [-0.3, -0.25) is 0 Å². The Kier molecular flexibility index (Phi) is 4.07. The number of rotatable bonds is 3. The molecule has 0 aromatic heterocycles. The van der Waals surface area contributed by atoms with Gasteiger partial charge in [-0.15, -0.1) is 0 Å². The van der Waals surface area contributed by atoms with Gasteiger partial charge in [0.2, 0.25) is 10.0 Å². The molecule has 0 saturated carbocycles. The van der Waals surface area contributed by atoms with Crippen molar-refractivity contribution in [3.05, 3.63) is 29.6 Å². The van der Waals surface area contributed by atoms with Crippen molar-refractivity contribution in [2.24, 2.45) is 0 Å². The second kappa shape index (κ2) is 5.47. The van der Waals surface area contributed by atoms with E-state index in [2.05, 4.69) is 0 Å². The highest BCUT2D eigenvalue weighted by Gasteiger charge is 2.32. The Morgan fingerprint density at radius 3 is 2.80 bits per heavy atom. The van der Waals surface area contributed by atoms with Crippen molar-refractivity contribution >= 4 is 16.0 Å². The van der Waals surface area contributed by atoms with E-state index in [1.807, 2.05) is 0 Å². The molecule has 0 aliphatic carbocycles. The van der Waals surface area contributed by atoms with Crippen molar-refractivity contribution in [2.75, 3.05) is 19.7 Å². The number of hydrogen-bond acceptors (Lipinski definition) is 4. The Morgan fingerprint density at radius 2 is 2.20 bits per heavy atom. The van der Waals surface area contributed by atoms with Crippen LogP contribution in [0, 0.1) is 5.82 Å². The standard InChI is InChI=1S/C12H14FNO5S/c1-8-7-14(4-5-19-8)20(17,18)11-6-9(13)2-3-10(11)12(15)16/h2-3,6,8H,4-5,7H2,1H3,(H,15,16). The average molecular weight is 303 g/mol. The second-order valence-corrected chi connectivity index (χ2v) is 6.40. The SMILES string of the molecule is CC1CN(S(=O)(=O)c2cc(F)ccc2C(=O)O)CCO1. The topological polar surface area (TPSA) is 83.9 Å². The minimum atomic E-state index is -4.06. The van der Waals surface area contributed by atoms with Crippen LogP contribution in [0.5, 0.6) is 0 Å². The number of benzene rings is 1. The quantitative estimate of drug-likeness (QED) is 0.898. The van der Waals surface area contributed by atoms with Gasteiger partial charge in [-0.05, 0) is 25.1 Å². The zero-order valence-electron chi connectivity index (χ0n) is 10.7. The molecule has 20 heavy (non-hydrogen) atoms. The molecule has 0 spiro atoms. The van der Waals surface area contributed by atoms with Crippen molar-refractivity contribution in [1.82, 2.24) is 4.31 Å². The third-order valence-electron chi connectivity index (χ3n) is 3.00. The normalized spacial score (nSPS) is 20.8. The van der Waals surface area contributed by atoms with Crippen LogP contribution in [0.15, 0.2) is 23.1 Å². The predicted molar refractivity (Wildman–Crippen MR) is 67.5 cm³/mol. The van der Waals surface area contributed by atoms with Gasteiger partial charge in [-0.2, -0.15) is 4.31 Å². The monoisotopic (exact) mass is 303 g/mol. The number of carboxylic acid groups (broad SMARTS) is 1. The van der Waals surface area contributed by atoms with E-state index >= 15 is 0 Å². The molecule has 1 saturated heterocycles. The van der Waals surface area contributed by atoms with E-state index in [0.29, 0.717) is 0 Å². The van der Waals surface area contributed by atoms with Crippen molar-refractivity contribution in [2.45, 2.75) is 17.9 Å². The van der Waals surface area contributed by atoms with Gasteiger partial charge in [0.05, 0.1) is 23.2 Å². The summed E-state index contributed by atoms with van der Waals surface area (Å²) in [5, 5.41) is 9.04. The molecule has 1 aliphatic heterocycles. The van der Waals surface area contributed by atoms with E-state index in [1.165, 1.54) is 0 Å². The lowest BCUT2D eigenvalue weighted by molar-refractivity contribution is 0.0101. The highest BCUT2D eigenvalue weighted by Crippen LogP contribution is 2.23. The third kappa shape index (κ3) is 2.82. The fourth-order valence-electron chi connectivity index (χ4n) is 2.03. The maximum atomic E-state index is 13.3. The van der Waals surface area contributed by atoms with Crippen LogP contribution in [0.3, 0.4) is 0 Å². The Bertz CT molecular complexity index is 631. The molecule has 1 atom stereocenters. The molecule has 0 bridgehead atoms. The molecule has 8 heteroatoms. The van der Waals surface area contributed by atoms with Gasteiger partial charge in [0.1, 0.15) is 5.82 Å². The van der Waals surface area contributed by atoms with Crippen molar-refractivity contribution in [1.29, 1.82) is 0 Å². The van der Waals surface area contributed by atoms with Crippen LogP contribution >= 0.6 is 0 Å². The average Bonchev–Trinajstić information content (AvgIpc) is 2.38. The van der Waals surface area contributed by atoms with Gasteiger partial charge < -0.3 is 9.84 Å². The van der Waals surface area contributed by atoms with E-state index in [9.17, 15) is 17.6 Å². The smallest absolute Gasteiger partial charge is 0.337 e. The molecule has 1 N–H and O–H groups in total. The molecule has 1 fully saturated rings. The van der Waals surface area contributed by atoms with E-state index in [1.54, 1.807) is 6.92 Å². The first-order chi connectivity index (χ1) is 9.32. The summed E-state index contributed by atoms with van der Waals surface area (Å²) in [5.41, 5.74) is -0.439. The molecule has 1 aromatic carbocycles. The predicted octanol–water partition coefficient (Wildman–Crippen LogP) is 0.933. The summed E-state index contributed by atoms with van der Waals surface area (Å²) >= 11 is 0. The maximum Gasteiger partial charge on any atom is 0.337 e. The van der Waals surface area contributed by atoms with Crippen LogP contribution in [-0.4, -0.2) is 49.6 Å². The number of carboxylic acids is 1. The first kappa shape index (κ1) is 14.9. The van der Waals surface area contributed by atoms with E-state index in [4.69, 9.17) is 9.84 Å². The number of sulfonamides is 1. The van der Waals surface area contributed by atoms with E-state index in [-0.39, 0.29) is 25.8 Å². The molecule has 1 aromatic rings. The van der Waals surface area contributed by atoms with E-state index < -0.39 is 32.3 Å². The van der Waals surface area contributed by atoms with Crippen LogP contribution in [0.1, 0.15) is 17.3 Å². The van der Waals surface area contributed by atoms with Gasteiger partial charge in [-0.1, -0.05) is 0 Å². The lowest BCUT2D eigenvalue weighted by Crippen LogP contribution is -2.44. The molecule has 6 nitrogen and oxygen atoms in total. The second-order valence-electron chi connectivity index (χ2n) is 4.49. The highest BCUT2D eigenvalue weighted by molar-refractivity contribution is 7.89. The summed E-state index contributed by atoms with van der Waals surface area (Å²) in [4.78, 5) is 10.6. The Labute approximate surface area is 115 Å². The number of hydrogen-bond donors (Lipinski definition) is 1. The number of halogens is 1. The number of ether oxygens (including phenoxy) is 1. The number of nitrogens with zero attached hydrogens (tertiary/aromatic N) is 1. The van der Waals surface area contributed by atoms with Gasteiger partial charge in [0.25, 0.3) is 0 Å². The highest BCUT2D eigenvalue weighted by atomic mass is 32.2. The first-order valence-corrected chi connectivity index (χ1v) is 7.41.